The van der Waals surface area contributed by atoms with E-state index in [0.29, 0.717) is 23.9 Å². The second-order valence-electron chi connectivity index (χ2n) is 9.34. The second-order valence-corrected chi connectivity index (χ2v) is 9.34. The Morgan fingerprint density at radius 2 is 1.53 bits per heavy atom. The molecular formula is C32H26F3N3O5. The van der Waals surface area contributed by atoms with Gasteiger partial charge in [0.15, 0.2) is 0 Å². The fraction of sp³-hybridized carbons (Fsp3) is 0.125. The predicted molar refractivity (Wildman–Crippen MR) is 157 cm³/mol. The maximum Gasteiger partial charge on any atom is 0.490 e. The van der Waals surface area contributed by atoms with Crippen molar-refractivity contribution in [3.8, 4) is 28.1 Å². The number of fused-ring (bicyclic) bond motifs is 1. The lowest BCUT2D eigenvalue weighted by atomic mass is 9.97. The van der Waals surface area contributed by atoms with E-state index in [9.17, 15) is 27.9 Å². The van der Waals surface area contributed by atoms with E-state index in [2.05, 4.69) is 4.98 Å². The van der Waals surface area contributed by atoms with Gasteiger partial charge in [0.1, 0.15) is 5.75 Å². The average Bonchev–Trinajstić information content (AvgIpc) is 3.00. The maximum atomic E-state index is 12.7. The van der Waals surface area contributed by atoms with Crippen molar-refractivity contribution < 1.29 is 33.0 Å². The molecule has 0 radical (unpaired) electrons. The minimum atomic E-state index is -5.08. The highest BCUT2D eigenvalue weighted by molar-refractivity contribution is 5.93. The van der Waals surface area contributed by atoms with Gasteiger partial charge in [-0.1, -0.05) is 61.5 Å². The number of H-pyrrole nitrogens is 1. The lowest BCUT2D eigenvalue weighted by Gasteiger charge is -2.23. The van der Waals surface area contributed by atoms with Gasteiger partial charge in [0, 0.05) is 29.4 Å². The van der Waals surface area contributed by atoms with Gasteiger partial charge in [-0.3, -0.25) is 9.59 Å². The number of phenolic OH excluding ortho intramolecular Hbond substituents is 1. The number of nitrogens with one attached hydrogen (secondary N) is 1. The standard InChI is InChI=1S/C30H25N3O3.C2HF3O2/c1-2-28(35)33(23-12-14-24(34)15-13-23)19-20-8-10-22(11-9-20)29-25(21-6-4-3-5-7-21)18-26-27(32-29)16-17-31-30(26)36;3-2(4,5)1(6)7/h3-18,34H,2,19H2,1H3,(H,31,36);(H,6,7). The van der Waals surface area contributed by atoms with E-state index in [1.165, 1.54) is 0 Å². The highest BCUT2D eigenvalue weighted by Gasteiger charge is 2.38. The topological polar surface area (TPSA) is 124 Å². The molecule has 0 spiro atoms. The number of hydrogen-bond donors (Lipinski definition) is 3. The van der Waals surface area contributed by atoms with Crippen molar-refractivity contribution in [2.24, 2.45) is 0 Å². The zero-order valence-corrected chi connectivity index (χ0v) is 22.8. The second kappa shape index (κ2) is 13.0. The van der Waals surface area contributed by atoms with Crippen LogP contribution in [0.5, 0.6) is 5.75 Å². The Morgan fingerprint density at radius 3 is 2.12 bits per heavy atom. The number of carbonyl (C=O) groups excluding carboxylic acids is 1. The molecule has 0 aliphatic carbocycles. The van der Waals surface area contributed by atoms with Gasteiger partial charge < -0.3 is 20.1 Å². The number of carboxylic acid groups (broad SMARTS) is 1. The normalized spacial score (nSPS) is 11.0. The van der Waals surface area contributed by atoms with Crippen molar-refractivity contribution in [1.29, 1.82) is 0 Å². The van der Waals surface area contributed by atoms with E-state index in [-0.39, 0.29) is 17.2 Å². The zero-order chi connectivity index (χ0) is 31.1. The Hall–Kier alpha value is -5.45. The van der Waals surface area contributed by atoms with E-state index >= 15 is 0 Å². The quantitative estimate of drug-likeness (QED) is 0.207. The molecule has 0 atom stereocenters. The number of rotatable bonds is 6. The first-order valence-corrected chi connectivity index (χ1v) is 13.0. The van der Waals surface area contributed by atoms with Crippen LogP contribution in [0.25, 0.3) is 33.3 Å². The summed E-state index contributed by atoms with van der Waals surface area (Å²) < 4.78 is 31.7. The summed E-state index contributed by atoms with van der Waals surface area (Å²) in [6.07, 6.45) is -3.10. The van der Waals surface area contributed by atoms with E-state index < -0.39 is 12.1 Å². The molecule has 3 aromatic carbocycles. The number of carbonyl (C=O) groups is 2. The number of halogens is 3. The van der Waals surface area contributed by atoms with Crippen molar-refractivity contribution >= 4 is 28.5 Å². The fourth-order valence-corrected chi connectivity index (χ4v) is 4.27. The molecule has 11 heteroatoms. The van der Waals surface area contributed by atoms with Crippen LogP contribution in [0.1, 0.15) is 18.9 Å². The van der Waals surface area contributed by atoms with Crippen LogP contribution in [0.3, 0.4) is 0 Å². The van der Waals surface area contributed by atoms with Crippen molar-refractivity contribution in [2.75, 3.05) is 4.90 Å². The number of pyridine rings is 2. The summed E-state index contributed by atoms with van der Waals surface area (Å²) in [5.74, 6) is -2.60. The number of alkyl halides is 3. The third-order valence-corrected chi connectivity index (χ3v) is 6.41. The number of aliphatic carboxylic acids is 1. The van der Waals surface area contributed by atoms with E-state index in [1.54, 1.807) is 41.4 Å². The van der Waals surface area contributed by atoms with Gasteiger partial charge in [0.05, 0.1) is 23.1 Å². The van der Waals surface area contributed by atoms with Crippen molar-refractivity contribution in [1.82, 2.24) is 9.97 Å². The van der Waals surface area contributed by atoms with Crippen LogP contribution < -0.4 is 10.5 Å². The number of nitrogens with zero attached hydrogens (tertiary/aromatic N) is 2. The first kappa shape index (κ1) is 30.5. The Morgan fingerprint density at radius 1 is 0.907 bits per heavy atom. The first-order chi connectivity index (χ1) is 20.5. The maximum absolute atomic E-state index is 12.7. The van der Waals surface area contributed by atoms with Gasteiger partial charge in [0.2, 0.25) is 5.91 Å². The molecule has 0 saturated carbocycles. The number of phenols is 1. The molecule has 2 aromatic heterocycles. The van der Waals surface area contributed by atoms with Gasteiger partial charge >= 0.3 is 12.1 Å². The number of anilines is 1. The molecule has 2 heterocycles. The van der Waals surface area contributed by atoms with E-state index in [1.807, 2.05) is 67.6 Å². The van der Waals surface area contributed by atoms with Crippen LogP contribution in [-0.2, 0) is 16.1 Å². The molecule has 1 amide bonds. The van der Waals surface area contributed by atoms with Gasteiger partial charge in [-0.15, -0.1) is 0 Å². The molecule has 3 N–H and O–H groups in total. The van der Waals surface area contributed by atoms with Gasteiger partial charge in [-0.25, -0.2) is 9.78 Å². The van der Waals surface area contributed by atoms with Gasteiger partial charge in [-0.2, -0.15) is 13.2 Å². The summed E-state index contributed by atoms with van der Waals surface area (Å²) >= 11 is 0. The SMILES string of the molecule is CCC(=O)N(Cc1ccc(-c2nc3cc[nH]c(=O)c3cc2-c2ccccc2)cc1)c1ccc(O)cc1.O=C(O)C(F)(F)F. The number of carboxylic acids is 1. The third kappa shape index (κ3) is 7.45. The third-order valence-electron chi connectivity index (χ3n) is 6.41. The van der Waals surface area contributed by atoms with Crippen LogP contribution in [0, 0.1) is 0 Å². The zero-order valence-electron chi connectivity index (χ0n) is 22.8. The molecule has 0 aliphatic rings. The summed E-state index contributed by atoms with van der Waals surface area (Å²) in [5.41, 5.74) is 5.70. The lowest BCUT2D eigenvalue weighted by molar-refractivity contribution is -0.192. The fourth-order valence-electron chi connectivity index (χ4n) is 4.27. The van der Waals surface area contributed by atoms with Crippen LogP contribution in [0.15, 0.2) is 102 Å². The number of benzene rings is 3. The van der Waals surface area contributed by atoms with E-state index in [4.69, 9.17) is 14.9 Å². The molecular weight excluding hydrogens is 563 g/mol. The van der Waals surface area contributed by atoms with Crippen LogP contribution in [0.4, 0.5) is 18.9 Å². The number of aromatic nitrogens is 2. The number of aromatic hydroxyl groups is 1. The molecule has 0 fully saturated rings. The predicted octanol–water partition coefficient (Wildman–Crippen LogP) is 6.54. The number of aromatic amines is 1. The molecule has 0 unspecified atom stereocenters. The van der Waals surface area contributed by atoms with Crippen LogP contribution >= 0.6 is 0 Å². The molecule has 0 saturated heterocycles. The van der Waals surface area contributed by atoms with Crippen LogP contribution in [0.2, 0.25) is 0 Å². The Labute approximate surface area is 243 Å². The Kier molecular flexibility index (Phi) is 9.24. The largest absolute Gasteiger partial charge is 0.508 e. The van der Waals surface area contributed by atoms with Gasteiger partial charge in [0.25, 0.3) is 5.56 Å². The smallest absolute Gasteiger partial charge is 0.490 e. The first-order valence-electron chi connectivity index (χ1n) is 13.0. The molecule has 5 aromatic rings. The van der Waals surface area contributed by atoms with E-state index in [0.717, 1.165) is 33.6 Å². The summed E-state index contributed by atoms with van der Waals surface area (Å²) in [5, 5.41) is 17.3. The van der Waals surface area contributed by atoms with Crippen molar-refractivity contribution in [3.63, 3.8) is 0 Å². The number of hydrogen-bond acceptors (Lipinski definition) is 5. The summed E-state index contributed by atoms with van der Waals surface area (Å²) in [4.78, 5) is 43.3. The number of amides is 1. The highest BCUT2D eigenvalue weighted by Crippen LogP contribution is 2.33. The molecule has 0 bridgehead atoms. The molecule has 43 heavy (non-hydrogen) atoms. The Bertz CT molecular complexity index is 1790. The molecule has 220 valence electrons. The monoisotopic (exact) mass is 589 g/mol. The summed E-state index contributed by atoms with van der Waals surface area (Å²) in [7, 11) is 0. The minimum absolute atomic E-state index is 0.00227. The van der Waals surface area contributed by atoms with Gasteiger partial charge in [-0.05, 0) is 47.5 Å². The van der Waals surface area contributed by atoms with Crippen molar-refractivity contribution in [3.05, 3.63) is 113 Å². The summed E-state index contributed by atoms with van der Waals surface area (Å²) in [6, 6.07) is 28.2. The minimum Gasteiger partial charge on any atom is -0.508 e. The highest BCUT2D eigenvalue weighted by atomic mass is 19.4. The summed E-state index contributed by atoms with van der Waals surface area (Å²) in [6.45, 7) is 2.24. The van der Waals surface area contributed by atoms with Crippen molar-refractivity contribution in [2.45, 2.75) is 26.1 Å². The lowest BCUT2D eigenvalue weighted by Crippen LogP contribution is -2.29. The molecule has 0 aliphatic heterocycles. The average molecular weight is 590 g/mol. The molecule has 5 rings (SSSR count). The Balaban J connectivity index is 0.000000541. The van der Waals surface area contributed by atoms with Crippen LogP contribution in [-0.4, -0.2) is 38.2 Å². The molecule has 8 nitrogen and oxygen atoms in total.